The van der Waals surface area contributed by atoms with Crippen molar-refractivity contribution in [3.63, 3.8) is 0 Å². The second-order valence-corrected chi connectivity index (χ2v) is 5.02. The van der Waals surface area contributed by atoms with E-state index in [-0.39, 0.29) is 6.61 Å². The van der Waals surface area contributed by atoms with Gasteiger partial charge in [-0.25, -0.2) is 0 Å². The lowest BCUT2D eigenvalue weighted by Crippen LogP contribution is -2.20. The molecule has 1 aromatic carbocycles. The van der Waals surface area contributed by atoms with Gasteiger partial charge in [-0.15, -0.1) is 0 Å². The molecule has 0 saturated carbocycles. The van der Waals surface area contributed by atoms with Gasteiger partial charge in [-0.3, -0.25) is 0 Å². The third-order valence-corrected chi connectivity index (χ3v) is 3.36. The number of nitrogens with zero attached hydrogens (tertiary/aromatic N) is 1. The second-order valence-electron chi connectivity index (χ2n) is 4.04. The van der Waals surface area contributed by atoms with Crippen LogP contribution in [0, 0.1) is 11.3 Å². The molecular weight excluding hydrogens is 244 g/mol. The van der Waals surface area contributed by atoms with Crippen molar-refractivity contribution >= 4 is 11.8 Å². The molecular formula is C14H20N2OS. The molecule has 3 nitrogen and oxygen atoms in total. The quantitative estimate of drug-likeness (QED) is 0.733. The summed E-state index contributed by atoms with van der Waals surface area (Å²) in [6.07, 6.45) is 3.32. The SMILES string of the molecule is CSCCCNC(C)c1ccc(OCC#N)cc1. The van der Waals surface area contributed by atoms with Gasteiger partial charge in [-0.1, -0.05) is 12.1 Å². The van der Waals surface area contributed by atoms with Gasteiger partial charge in [0, 0.05) is 6.04 Å². The molecule has 0 fully saturated rings. The number of thioether (sulfide) groups is 1. The van der Waals surface area contributed by atoms with Crippen LogP contribution in [0.2, 0.25) is 0 Å². The number of hydrogen-bond acceptors (Lipinski definition) is 4. The highest BCUT2D eigenvalue weighted by Crippen LogP contribution is 2.17. The summed E-state index contributed by atoms with van der Waals surface area (Å²) in [6.45, 7) is 3.29. The Hall–Kier alpha value is -1.18. The van der Waals surface area contributed by atoms with Crippen LogP contribution in [0.5, 0.6) is 5.75 Å². The molecule has 0 heterocycles. The minimum Gasteiger partial charge on any atom is -0.479 e. The normalized spacial score (nSPS) is 11.8. The van der Waals surface area contributed by atoms with Crippen molar-refractivity contribution in [2.75, 3.05) is 25.2 Å². The van der Waals surface area contributed by atoms with Gasteiger partial charge in [0.15, 0.2) is 6.61 Å². The molecule has 98 valence electrons. The van der Waals surface area contributed by atoms with Crippen molar-refractivity contribution in [1.29, 1.82) is 5.26 Å². The summed E-state index contributed by atoms with van der Waals surface area (Å²) in [7, 11) is 0. The number of nitrogens with one attached hydrogen (secondary N) is 1. The van der Waals surface area contributed by atoms with Gasteiger partial charge in [0.05, 0.1) is 0 Å². The molecule has 0 aliphatic heterocycles. The first-order chi connectivity index (χ1) is 8.77. The first-order valence-corrected chi connectivity index (χ1v) is 7.49. The number of nitriles is 1. The zero-order valence-corrected chi connectivity index (χ0v) is 11.8. The van der Waals surface area contributed by atoms with E-state index in [1.54, 1.807) is 0 Å². The molecule has 0 radical (unpaired) electrons. The van der Waals surface area contributed by atoms with E-state index in [0.717, 1.165) is 12.3 Å². The van der Waals surface area contributed by atoms with Crippen LogP contribution >= 0.6 is 11.8 Å². The van der Waals surface area contributed by atoms with E-state index in [9.17, 15) is 0 Å². The molecule has 0 amide bonds. The average molecular weight is 264 g/mol. The Morgan fingerprint density at radius 3 is 2.72 bits per heavy atom. The fourth-order valence-electron chi connectivity index (χ4n) is 1.62. The lowest BCUT2D eigenvalue weighted by atomic mass is 10.1. The molecule has 1 N–H and O–H groups in total. The molecule has 0 saturated heterocycles. The van der Waals surface area contributed by atoms with Crippen LogP contribution in [0.3, 0.4) is 0 Å². The molecule has 1 rings (SSSR count). The van der Waals surface area contributed by atoms with Crippen molar-refractivity contribution in [3.05, 3.63) is 29.8 Å². The van der Waals surface area contributed by atoms with Crippen molar-refractivity contribution in [3.8, 4) is 11.8 Å². The highest BCUT2D eigenvalue weighted by molar-refractivity contribution is 7.98. The van der Waals surface area contributed by atoms with Crippen molar-refractivity contribution in [2.24, 2.45) is 0 Å². The van der Waals surface area contributed by atoms with Gasteiger partial charge in [0.25, 0.3) is 0 Å². The van der Waals surface area contributed by atoms with E-state index in [1.807, 2.05) is 42.1 Å². The first kappa shape index (κ1) is 14.9. The molecule has 0 aromatic heterocycles. The molecule has 18 heavy (non-hydrogen) atoms. The standard InChI is InChI=1S/C14H20N2OS/c1-12(16-9-3-11-18-2)13-4-6-14(7-5-13)17-10-8-15/h4-7,12,16H,3,9-11H2,1-2H3. The number of benzene rings is 1. The van der Waals surface area contributed by atoms with Crippen LogP contribution in [0.4, 0.5) is 0 Å². The Morgan fingerprint density at radius 1 is 1.39 bits per heavy atom. The fourth-order valence-corrected chi connectivity index (χ4v) is 2.05. The summed E-state index contributed by atoms with van der Waals surface area (Å²) < 4.78 is 5.22. The molecule has 0 spiro atoms. The maximum absolute atomic E-state index is 8.42. The number of hydrogen-bond donors (Lipinski definition) is 1. The summed E-state index contributed by atoms with van der Waals surface area (Å²) in [6, 6.07) is 10.2. The molecule has 0 bridgehead atoms. The summed E-state index contributed by atoms with van der Waals surface area (Å²) in [5.74, 6) is 1.94. The molecule has 0 aliphatic carbocycles. The monoisotopic (exact) mass is 264 g/mol. The average Bonchev–Trinajstić information content (AvgIpc) is 2.41. The van der Waals surface area contributed by atoms with Gasteiger partial charge in [0.2, 0.25) is 0 Å². The van der Waals surface area contributed by atoms with Gasteiger partial charge in [0.1, 0.15) is 11.8 Å². The minimum atomic E-state index is 0.0990. The number of rotatable bonds is 8. The predicted octanol–water partition coefficient (Wildman–Crippen LogP) is 2.99. The van der Waals surface area contributed by atoms with E-state index >= 15 is 0 Å². The Bertz CT molecular complexity index is 372. The molecule has 1 unspecified atom stereocenters. The van der Waals surface area contributed by atoms with E-state index in [1.165, 1.54) is 17.7 Å². The van der Waals surface area contributed by atoms with E-state index in [0.29, 0.717) is 6.04 Å². The zero-order valence-electron chi connectivity index (χ0n) is 11.0. The lowest BCUT2D eigenvalue weighted by Gasteiger charge is -2.14. The predicted molar refractivity (Wildman–Crippen MR) is 77.0 cm³/mol. The van der Waals surface area contributed by atoms with Crippen LogP contribution in [0.15, 0.2) is 24.3 Å². The Balaban J connectivity index is 2.39. The molecule has 1 aromatic rings. The lowest BCUT2D eigenvalue weighted by molar-refractivity contribution is 0.368. The topological polar surface area (TPSA) is 45.0 Å². The summed E-state index contributed by atoms with van der Waals surface area (Å²) in [5, 5.41) is 11.9. The maximum Gasteiger partial charge on any atom is 0.174 e. The number of ether oxygens (including phenoxy) is 1. The van der Waals surface area contributed by atoms with E-state index in [2.05, 4.69) is 18.5 Å². The zero-order chi connectivity index (χ0) is 13.2. The van der Waals surface area contributed by atoms with Gasteiger partial charge >= 0.3 is 0 Å². The summed E-state index contributed by atoms with van der Waals surface area (Å²) >= 11 is 1.88. The van der Waals surface area contributed by atoms with Crippen LogP contribution in [-0.2, 0) is 0 Å². The van der Waals surface area contributed by atoms with Crippen molar-refractivity contribution in [2.45, 2.75) is 19.4 Å². The van der Waals surface area contributed by atoms with Gasteiger partial charge in [-0.05, 0) is 49.6 Å². The van der Waals surface area contributed by atoms with Crippen LogP contribution in [-0.4, -0.2) is 25.2 Å². The molecule has 1 atom stereocenters. The molecule has 0 aliphatic rings. The van der Waals surface area contributed by atoms with E-state index < -0.39 is 0 Å². The first-order valence-electron chi connectivity index (χ1n) is 6.10. The van der Waals surface area contributed by atoms with Crippen LogP contribution in [0.1, 0.15) is 24.9 Å². The van der Waals surface area contributed by atoms with Gasteiger partial charge < -0.3 is 10.1 Å². The second kappa shape index (κ2) is 8.84. The maximum atomic E-state index is 8.42. The Kier molecular flexibility index (Phi) is 7.31. The third kappa shape index (κ3) is 5.44. The van der Waals surface area contributed by atoms with Crippen molar-refractivity contribution in [1.82, 2.24) is 5.32 Å². The summed E-state index contributed by atoms with van der Waals surface area (Å²) in [4.78, 5) is 0. The summed E-state index contributed by atoms with van der Waals surface area (Å²) in [5.41, 5.74) is 1.24. The minimum absolute atomic E-state index is 0.0990. The highest BCUT2D eigenvalue weighted by Gasteiger charge is 2.04. The van der Waals surface area contributed by atoms with Crippen LogP contribution in [0.25, 0.3) is 0 Å². The van der Waals surface area contributed by atoms with E-state index in [4.69, 9.17) is 10.00 Å². The smallest absolute Gasteiger partial charge is 0.174 e. The Morgan fingerprint density at radius 2 is 2.11 bits per heavy atom. The third-order valence-electron chi connectivity index (χ3n) is 2.66. The van der Waals surface area contributed by atoms with Gasteiger partial charge in [-0.2, -0.15) is 17.0 Å². The highest BCUT2D eigenvalue weighted by atomic mass is 32.2. The largest absolute Gasteiger partial charge is 0.479 e. The fraction of sp³-hybridized carbons (Fsp3) is 0.500. The Labute approximate surface area is 114 Å². The molecule has 4 heteroatoms. The van der Waals surface area contributed by atoms with Crippen molar-refractivity contribution < 1.29 is 4.74 Å². The van der Waals surface area contributed by atoms with Crippen LogP contribution < -0.4 is 10.1 Å².